The third kappa shape index (κ3) is 1.86. The predicted octanol–water partition coefficient (Wildman–Crippen LogP) is 3.06. The molecule has 3 aromatic rings. The Morgan fingerprint density at radius 3 is 2.65 bits per heavy atom. The molecule has 0 amide bonds. The number of para-hydroxylation sites is 1. The van der Waals surface area contributed by atoms with Gasteiger partial charge in [-0.15, -0.1) is 0 Å². The van der Waals surface area contributed by atoms with Crippen molar-refractivity contribution in [2.24, 2.45) is 0 Å². The Morgan fingerprint density at radius 2 is 1.95 bits per heavy atom. The molecule has 0 aliphatic carbocycles. The summed E-state index contributed by atoms with van der Waals surface area (Å²) in [5, 5.41) is 10.4. The second-order valence-electron chi connectivity index (χ2n) is 4.56. The summed E-state index contributed by atoms with van der Waals surface area (Å²) < 4.78 is 0. The summed E-state index contributed by atoms with van der Waals surface area (Å²) >= 11 is 0. The van der Waals surface area contributed by atoms with Gasteiger partial charge in [0.1, 0.15) is 11.9 Å². The smallest absolute Gasteiger partial charge is 0.123 e. The van der Waals surface area contributed by atoms with Gasteiger partial charge >= 0.3 is 0 Å². The zero-order valence-electron chi connectivity index (χ0n) is 11.0. The Kier molecular flexibility index (Phi) is 2.81. The standard InChI is InChI=1S/C16H12N4/c1-10-12-4-2-3-5-14(12)20-16(13(10)8-17)11-6-7-15(18)19-9-11/h2-7,9H,1H3,(H2,18,19). The second-order valence-corrected chi connectivity index (χ2v) is 4.56. The van der Waals surface area contributed by atoms with Crippen LogP contribution in [0, 0.1) is 18.3 Å². The van der Waals surface area contributed by atoms with Gasteiger partial charge in [0, 0.05) is 17.1 Å². The fourth-order valence-electron chi connectivity index (χ4n) is 2.27. The Hall–Kier alpha value is -2.93. The van der Waals surface area contributed by atoms with Crippen molar-refractivity contribution in [3.8, 4) is 17.3 Å². The van der Waals surface area contributed by atoms with Crippen LogP contribution in [0.25, 0.3) is 22.2 Å². The third-order valence-corrected chi connectivity index (χ3v) is 3.32. The van der Waals surface area contributed by atoms with Gasteiger partial charge in [-0.1, -0.05) is 18.2 Å². The molecule has 0 fully saturated rings. The topological polar surface area (TPSA) is 75.6 Å². The zero-order chi connectivity index (χ0) is 14.1. The highest BCUT2D eigenvalue weighted by Crippen LogP contribution is 2.28. The van der Waals surface area contributed by atoms with Crippen LogP contribution < -0.4 is 5.73 Å². The first-order chi connectivity index (χ1) is 9.70. The molecule has 0 bridgehead atoms. The number of nitrogens with two attached hydrogens (primary N) is 1. The van der Waals surface area contributed by atoms with E-state index in [1.165, 1.54) is 0 Å². The van der Waals surface area contributed by atoms with Crippen molar-refractivity contribution in [2.45, 2.75) is 6.92 Å². The van der Waals surface area contributed by atoms with Gasteiger partial charge in [0.2, 0.25) is 0 Å². The fraction of sp³-hybridized carbons (Fsp3) is 0.0625. The van der Waals surface area contributed by atoms with Gasteiger partial charge in [0.05, 0.1) is 16.8 Å². The van der Waals surface area contributed by atoms with Crippen LogP contribution in [0.2, 0.25) is 0 Å². The lowest BCUT2D eigenvalue weighted by atomic mass is 9.99. The third-order valence-electron chi connectivity index (χ3n) is 3.32. The molecule has 2 heterocycles. The van der Waals surface area contributed by atoms with Gasteiger partial charge in [0.15, 0.2) is 0 Å². The minimum atomic E-state index is 0.449. The van der Waals surface area contributed by atoms with E-state index >= 15 is 0 Å². The number of fused-ring (bicyclic) bond motifs is 1. The van der Waals surface area contributed by atoms with Gasteiger partial charge in [-0.05, 0) is 30.7 Å². The molecule has 0 atom stereocenters. The van der Waals surface area contributed by atoms with E-state index in [-0.39, 0.29) is 0 Å². The van der Waals surface area contributed by atoms with Crippen molar-refractivity contribution in [1.82, 2.24) is 9.97 Å². The average molecular weight is 260 g/mol. The van der Waals surface area contributed by atoms with Gasteiger partial charge in [-0.2, -0.15) is 5.26 Å². The number of benzene rings is 1. The summed E-state index contributed by atoms with van der Waals surface area (Å²) in [4.78, 5) is 8.67. The largest absolute Gasteiger partial charge is 0.384 e. The predicted molar refractivity (Wildman–Crippen MR) is 78.8 cm³/mol. The molecule has 1 aromatic carbocycles. The molecule has 0 unspecified atom stereocenters. The molecular weight excluding hydrogens is 248 g/mol. The first kappa shape index (κ1) is 12.1. The Labute approximate surface area is 116 Å². The Bertz CT molecular complexity index is 829. The second kappa shape index (κ2) is 4.63. The summed E-state index contributed by atoms with van der Waals surface area (Å²) in [7, 11) is 0. The van der Waals surface area contributed by atoms with Crippen molar-refractivity contribution in [2.75, 3.05) is 5.73 Å². The van der Waals surface area contributed by atoms with Crippen LogP contribution in [0.3, 0.4) is 0 Å². The highest BCUT2D eigenvalue weighted by atomic mass is 14.8. The van der Waals surface area contributed by atoms with E-state index in [9.17, 15) is 5.26 Å². The lowest BCUT2D eigenvalue weighted by Gasteiger charge is -2.09. The van der Waals surface area contributed by atoms with E-state index in [4.69, 9.17) is 5.73 Å². The maximum absolute atomic E-state index is 9.44. The van der Waals surface area contributed by atoms with Gasteiger partial charge < -0.3 is 5.73 Å². The Balaban J connectivity index is 2.35. The number of pyridine rings is 2. The highest BCUT2D eigenvalue weighted by Gasteiger charge is 2.13. The number of nitrogen functional groups attached to an aromatic ring is 1. The number of hydrogen-bond acceptors (Lipinski definition) is 4. The van der Waals surface area contributed by atoms with Gasteiger partial charge in [0.25, 0.3) is 0 Å². The normalized spacial score (nSPS) is 10.4. The molecule has 20 heavy (non-hydrogen) atoms. The maximum Gasteiger partial charge on any atom is 0.123 e. The van der Waals surface area contributed by atoms with Crippen LogP contribution in [0.1, 0.15) is 11.1 Å². The van der Waals surface area contributed by atoms with Crippen LogP contribution in [-0.4, -0.2) is 9.97 Å². The SMILES string of the molecule is Cc1c(C#N)c(-c2ccc(N)nc2)nc2ccccc12. The number of nitrogens with zero attached hydrogens (tertiary/aromatic N) is 3. The quantitative estimate of drug-likeness (QED) is 0.729. The number of rotatable bonds is 1. The van der Waals surface area contributed by atoms with Crippen molar-refractivity contribution < 1.29 is 0 Å². The highest BCUT2D eigenvalue weighted by molar-refractivity contribution is 5.88. The maximum atomic E-state index is 9.44. The van der Waals surface area contributed by atoms with E-state index < -0.39 is 0 Å². The van der Waals surface area contributed by atoms with Crippen LogP contribution in [0.15, 0.2) is 42.6 Å². The molecule has 4 nitrogen and oxygen atoms in total. The lowest BCUT2D eigenvalue weighted by molar-refractivity contribution is 1.28. The van der Waals surface area contributed by atoms with Crippen LogP contribution >= 0.6 is 0 Å². The van der Waals surface area contributed by atoms with E-state index in [0.717, 1.165) is 22.0 Å². The van der Waals surface area contributed by atoms with Gasteiger partial charge in [-0.25, -0.2) is 9.97 Å². The molecule has 0 radical (unpaired) electrons. The van der Waals surface area contributed by atoms with Crippen LogP contribution in [-0.2, 0) is 0 Å². The fourth-order valence-corrected chi connectivity index (χ4v) is 2.27. The summed E-state index contributed by atoms with van der Waals surface area (Å²) in [5.74, 6) is 0.449. The lowest BCUT2D eigenvalue weighted by Crippen LogP contribution is -1.97. The minimum absolute atomic E-state index is 0.449. The first-order valence-electron chi connectivity index (χ1n) is 6.22. The van der Waals surface area contributed by atoms with Gasteiger partial charge in [-0.3, -0.25) is 0 Å². The number of aryl methyl sites for hydroxylation is 1. The van der Waals surface area contributed by atoms with Crippen molar-refractivity contribution >= 4 is 16.7 Å². The van der Waals surface area contributed by atoms with E-state index in [0.29, 0.717) is 17.1 Å². The number of nitriles is 1. The van der Waals surface area contributed by atoms with E-state index in [1.807, 2.05) is 37.3 Å². The molecule has 0 saturated carbocycles. The molecule has 0 saturated heterocycles. The molecule has 0 aliphatic heterocycles. The molecule has 4 heteroatoms. The van der Waals surface area contributed by atoms with E-state index in [2.05, 4.69) is 16.0 Å². The Morgan fingerprint density at radius 1 is 1.15 bits per heavy atom. The molecular formula is C16H12N4. The monoisotopic (exact) mass is 260 g/mol. The zero-order valence-corrected chi connectivity index (χ0v) is 11.0. The van der Waals surface area contributed by atoms with Crippen molar-refractivity contribution in [3.63, 3.8) is 0 Å². The first-order valence-corrected chi connectivity index (χ1v) is 6.22. The molecule has 0 spiro atoms. The molecule has 3 rings (SSSR count). The molecule has 96 valence electrons. The van der Waals surface area contributed by atoms with Crippen LogP contribution in [0.5, 0.6) is 0 Å². The molecule has 0 aliphatic rings. The number of aromatic nitrogens is 2. The number of anilines is 1. The molecule has 2 aromatic heterocycles. The minimum Gasteiger partial charge on any atom is -0.384 e. The summed E-state index contributed by atoms with van der Waals surface area (Å²) in [6.45, 7) is 1.94. The molecule has 2 N–H and O–H groups in total. The average Bonchev–Trinajstić information content (AvgIpc) is 2.48. The van der Waals surface area contributed by atoms with Crippen molar-refractivity contribution in [1.29, 1.82) is 5.26 Å². The summed E-state index contributed by atoms with van der Waals surface area (Å²) in [5.41, 5.74) is 9.43. The van der Waals surface area contributed by atoms with Crippen molar-refractivity contribution in [3.05, 3.63) is 53.7 Å². The summed E-state index contributed by atoms with van der Waals surface area (Å²) in [6.07, 6.45) is 1.65. The number of hydrogen-bond donors (Lipinski definition) is 1. The summed E-state index contributed by atoms with van der Waals surface area (Å²) in [6, 6.07) is 13.6. The van der Waals surface area contributed by atoms with E-state index in [1.54, 1.807) is 12.3 Å². The van der Waals surface area contributed by atoms with Crippen LogP contribution in [0.4, 0.5) is 5.82 Å².